The fourth-order valence-corrected chi connectivity index (χ4v) is 2.39. The Morgan fingerprint density at radius 2 is 2.32 bits per heavy atom. The number of benzene rings is 1. The lowest BCUT2D eigenvalue weighted by atomic mass is 10.1. The third-order valence-corrected chi connectivity index (χ3v) is 3.46. The highest BCUT2D eigenvalue weighted by atomic mass is 16.5. The van der Waals surface area contributed by atoms with Gasteiger partial charge in [-0.05, 0) is 44.7 Å². The van der Waals surface area contributed by atoms with Crippen molar-refractivity contribution in [2.24, 2.45) is 0 Å². The van der Waals surface area contributed by atoms with Crippen LogP contribution in [0.5, 0.6) is 0 Å². The lowest BCUT2D eigenvalue weighted by Crippen LogP contribution is -2.22. The molecule has 0 aromatic heterocycles. The summed E-state index contributed by atoms with van der Waals surface area (Å²) in [5.41, 5.74) is 1.98. The van der Waals surface area contributed by atoms with Gasteiger partial charge in [0.2, 0.25) is 0 Å². The van der Waals surface area contributed by atoms with Crippen molar-refractivity contribution in [2.75, 3.05) is 18.5 Å². The van der Waals surface area contributed by atoms with Gasteiger partial charge in [0.25, 0.3) is 0 Å². The van der Waals surface area contributed by atoms with Gasteiger partial charge in [0.05, 0.1) is 11.7 Å². The number of carbonyl (C=O) groups is 1. The average Bonchev–Trinajstić information content (AvgIpc) is 2.41. The van der Waals surface area contributed by atoms with Crippen molar-refractivity contribution in [3.05, 3.63) is 29.3 Å². The minimum Gasteiger partial charge on any atom is -0.478 e. The Kier molecular flexibility index (Phi) is 4.80. The zero-order valence-electron chi connectivity index (χ0n) is 11.3. The van der Waals surface area contributed by atoms with E-state index in [4.69, 9.17) is 4.74 Å². The Morgan fingerprint density at radius 1 is 1.47 bits per heavy atom. The van der Waals surface area contributed by atoms with Crippen molar-refractivity contribution in [3.8, 4) is 0 Å². The number of carboxylic acid groups (broad SMARTS) is 1. The van der Waals surface area contributed by atoms with Gasteiger partial charge in [-0.2, -0.15) is 0 Å². The van der Waals surface area contributed by atoms with Gasteiger partial charge in [-0.1, -0.05) is 11.6 Å². The van der Waals surface area contributed by atoms with E-state index in [0.717, 1.165) is 38.0 Å². The Bertz CT molecular complexity index is 439. The summed E-state index contributed by atoms with van der Waals surface area (Å²) >= 11 is 0. The van der Waals surface area contributed by atoms with Crippen molar-refractivity contribution < 1.29 is 14.6 Å². The first-order valence-corrected chi connectivity index (χ1v) is 6.86. The van der Waals surface area contributed by atoms with E-state index in [9.17, 15) is 9.90 Å². The van der Waals surface area contributed by atoms with Crippen LogP contribution in [-0.2, 0) is 4.74 Å². The van der Waals surface area contributed by atoms with Gasteiger partial charge >= 0.3 is 5.97 Å². The Morgan fingerprint density at radius 3 is 3.00 bits per heavy atom. The van der Waals surface area contributed by atoms with Crippen molar-refractivity contribution in [1.29, 1.82) is 0 Å². The zero-order valence-corrected chi connectivity index (χ0v) is 11.3. The third kappa shape index (κ3) is 3.96. The van der Waals surface area contributed by atoms with Crippen LogP contribution in [0.15, 0.2) is 18.2 Å². The Balaban J connectivity index is 1.89. The predicted octanol–water partition coefficient (Wildman–Crippen LogP) is 3.06. The fraction of sp³-hybridized carbons (Fsp3) is 0.533. The zero-order chi connectivity index (χ0) is 13.7. The first-order valence-electron chi connectivity index (χ1n) is 6.86. The summed E-state index contributed by atoms with van der Waals surface area (Å²) in [5.74, 6) is -0.889. The number of hydrogen-bond donors (Lipinski definition) is 2. The number of hydrogen-bond acceptors (Lipinski definition) is 3. The molecule has 104 valence electrons. The number of carboxylic acids is 1. The highest BCUT2D eigenvalue weighted by Gasteiger charge is 2.14. The van der Waals surface area contributed by atoms with Gasteiger partial charge in [0, 0.05) is 18.8 Å². The topological polar surface area (TPSA) is 58.6 Å². The van der Waals surface area contributed by atoms with Crippen LogP contribution in [-0.4, -0.2) is 30.3 Å². The highest BCUT2D eigenvalue weighted by molar-refractivity contribution is 5.94. The maximum atomic E-state index is 11.2. The molecule has 1 aliphatic heterocycles. The summed E-state index contributed by atoms with van der Waals surface area (Å²) in [5, 5.41) is 12.4. The lowest BCUT2D eigenvalue weighted by molar-refractivity contribution is 0.0134. The molecule has 1 unspecified atom stereocenters. The number of nitrogens with one attached hydrogen (secondary N) is 1. The average molecular weight is 263 g/mol. The first kappa shape index (κ1) is 13.9. The molecule has 1 fully saturated rings. The molecule has 0 spiro atoms. The minimum atomic E-state index is -0.889. The molecule has 0 radical (unpaired) electrons. The molecule has 2 N–H and O–H groups in total. The van der Waals surface area contributed by atoms with Gasteiger partial charge in [-0.25, -0.2) is 4.79 Å². The molecule has 1 aromatic rings. The summed E-state index contributed by atoms with van der Waals surface area (Å²) in [4.78, 5) is 11.2. The maximum absolute atomic E-state index is 11.2. The Hall–Kier alpha value is -1.55. The SMILES string of the molecule is Cc1ccc(NCCC2CCCCO2)c(C(=O)O)c1. The fourth-order valence-electron chi connectivity index (χ4n) is 2.39. The predicted molar refractivity (Wildman–Crippen MR) is 74.8 cm³/mol. The van der Waals surface area contributed by atoms with E-state index in [-0.39, 0.29) is 0 Å². The minimum absolute atomic E-state index is 0.319. The molecule has 0 aliphatic carbocycles. The van der Waals surface area contributed by atoms with Gasteiger partial charge in [0.1, 0.15) is 0 Å². The molecule has 0 bridgehead atoms. The molecule has 1 atom stereocenters. The molecular formula is C15H21NO3. The summed E-state index contributed by atoms with van der Waals surface area (Å²) in [6.07, 6.45) is 4.74. The maximum Gasteiger partial charge on any atom is 0.337 e. The van der Waals surface area contributed by atoms with Crippen LogP contribution in [0.1, 0.15) is 41.6 Å². The molecule has 1 aromatic carbocycles. The summed E-state index contributed by atoms with van der Waals surface area (Å²) < 4.78 is 5.66. The summed E-state index contributed by atoms with van der Waals surface area (Å²) in [7, 11) is 0. The molecule has 19 heavy (non-hydrogen) atoms. The van der Waals surface area contributed by atoms with Crippen LogP contribution in [0, 0.1) is 6.92 Å². The van der Waals surface area contributed by atoms with Gasteiger partial charge in [-0.15, -0.1) is 0 Å². The standard InChI is InChI=1S/C15H21NO3/c1-11-5-6-14(13(10-11)15(17)18)16-8-7-12-4-2-3-9-19-12/h5-6,10,12,16H,2-4,7-9H2,1H3,(H,17,18). The monoisotopic (exact) mass is 263 g/mol. The Labute approximate surface area is 113 Å². The summed E-state index contributed by atoms with van der Waals surface area (Å²) in [6, 6.07) is 5.45. The largest absolute Gasteiger partial charge is 0.478 e. The van der Waals surface area contributed by atoms with Gasteiger partial charge < -0.3 is 15.2 Å². The molecule has 1 heterocycles. The second-order valence-electron chi connectivity index (χ2n) is 5.06. The van der Waals surface area contributed by atoms with Crippen molar-refractivity contribution in [2.45, 2.75) is 38.7 Å². The number of aromatic carboxylic acids is 1. The van der Waals surface area contributed by atoms with E-state index >= 15 is 0 Å². The third-order valence-electron chi connectivity index (χ3n) is 3.46. The van der Waals surface area contributed by atoms with E-state index in [2.05, 4.69) is 5.32 Å². The second-order valence-corrected chi connectivity index (χ2v) is 5.06. The van der Waals surface area contributed by atoms with E-state index < -0.39 is 5.97 Å². The molecule has 4 heteroatoms. The molecule has 0 saturated carbocycles. The van der Waals surface area contributed by atoms with Crippen LogP contribution >= 0.6 is 0 Å². The molecule has 4 nitrogen and oxygen atoms in total. The second kappa shape index (κ2) is 6.57. The van der Waals surface area contributed by atoms with Crippen LogP contribution in [0.4, 0.5) is 5.69 Å². The normalized spacial score (nSPS) is 19.1. The van der Waals surface area contributed by atoms with E-state index in [1.54, 1.807) is 6.07 Å². The van der Waals surface area contributed by atoms with Gasteiger partial charge in [-0.3, -0.25) is 0 Å². The number of aryl methyl sites for hydroxylation is 1. The van der Waals surface area contributed by atoms with E-state index in [0.29, 0.717) is 17.4 Å². The van der Waals surface area contributed by atoms with Crippen LogP contribution < -0.4 is 5.32 Å². The van der Waals surface area contributed by atoms with E-state index in [1.807, 2.05) is 19.1 Å². The molecule has 1 aliphatic rings. The number of anilines is 1. The van der Waals surface area contributed by atoms with Crippen molar-refractivity contribution in [1.82, 2.24) is 0 Å². The van der Waals surface area contributed by atoms with Gasteiger partial charge in [0.15, 0.2) is 0 Å². The lowest BCUT2D eigenvalue weighted by Gasteiger charge is -2.22. The molecule has 2 rings (SSSR count). The highest BCUT2D eigenvalue weighted by Crippen LogP contribution is 2.19. The van der Waals surface area contributed by atoms with Crippen molar-refractivity contribution >= 4 is 11.7 Å². The van der Waals surface area contributed by atoms with Crippen molar-refractivity contribution in [3.63, 3.8) is 0 Å². The van der Waals surface area contributed by atoms with Crippen LogP contribution in [0.3, 0.4) is 0 Å². The molecule has 0 amide bonds. The molecule has 1 saturated heterocycles. The van der Waals surface area contributed by atoms with Crippen LogP contribution in [0.2, 0.25) is 0 Å². The van der Waals surface area contributed by atoms with Crippen LogP contribution in [0.25, 0.3) is 0 Å². The first-order chi connectivity index (χ1) is 9.16. The summed E-state index contributed by atoms with van der Waals surface area (Å²) in [6.45, 7) is 3.50. The quantitative estimate of drug-likeness (QED) is 0.857. The number of rotatable bonds is 5. The number of ether oxygens (including phenoxy) is 1. The van der Waals surface area contributed by atoms with E-state index in [1.165, 1.54) is 6.42 Å². The molecular weight excluding hydrogens is 242 g/mol. The smallest absolute Gasteiger partial charge is 0.337 e.